The molecular formula is C11H7Cl2N2O2S. The first-order chi connectivity index (χ1) is 8.60. The molecule has 1 aromatic carbocycles. The van der Waals surface area contributed by atoms with Gasteiger partial charge in [0.25, 0.3) is 5.88 Å². The van der Waals surface area contributed by atoms with Gasteiger partial charge in [-0.3, -0.25) is 0 Å². The molecule has 1 aromatic heterocycles. The van der Waals surface area contributed by atoms with Gasteiger partial charge in [0, 0.05) is 6.07 Å². The van der Waals surface area contributed by atoms with E-state index in [0.717, 1.165) is 0 Å². The number of aromatic nitrogens is 2. The second kappa shape index (κ2) is 5.56. The highest BCUT2D eigenvalue weighted by Gasteiger charge is 2.10. The molecule has 1 radical (unpaired) electrons. The van der Waals surface area contributed by atoms with E-state index >= 15 is 0 Å². The van der Waals surface area contributed by atoms with Crippen molar-refractivity contribution in [2.75, 3.05) is 7.11 Å². The lowest BCUT2D eigenvalue weighted by Crippen LogP contribution is -1.95. The zero-order chi connectivity index (χ0) is 13.1. The van der Waals surface area contributed by atoms with Crippen molar-refractivity contribution in [3.63, 3.8) is 0 Å². The van der Waals surface area contributed by atoms with E-state index < -0.39 is 0 Å². The highest BCUT2D eigenvalue weighted by molar-refractivity contribution is 7.80. The van der Waals surface area contributed by atoms with E-state index in [0.29, 0.717) is 21.5 Å². The summed E-state index contributed by atoms with van der Waals surface area (Å²) in [6.45, 7) is 0. The molecule has 0 aliphatic carbocycles. The standard InChI is InChI=1S/C11H7Cl2N2O2S/c1-16-9-5-14-11(18)15-10(9)17-6-2-3-7(12)8(13)4-6/h2-5H,1H3. The molecule has 0 fully saturated rings. The molecule has 0 aliphatic heterocycles. The number of hydrogen-bond acceptors (Lipinski definition) is 4. The molecule has 18 heavy (non-hydrogen) atoms. The van der Waals surface area contributed by atoms with Gasteiger partial charge in [-0.25, -0.2) is 4.98 Å². The first-order valence-electron chi connectivity index (χ1n) is 4.81. The molecule has 93 valence electrons. The highest BCUT2D eigenvalue weighted by atomic mass is 35.5. The van der Waals surface area contributed by atoms with E-state index in [1.807, 2.05) is 0 Å². The van der Waals surface area contributed by atoms with Crippen LogP contribution in [0.4, 0.5) is 0 Å². The van der Waals surface area contributed by atoms with Crippen molar-refractivity contribution >= 4 is 35.8 Å². The van der Waals surface area contributed by atoms with Crippen LogP contribution in [0, 0.1) is 0 Å². The van der Waals surface area contributed by atoms with Crippen molar-refractivity contribution in [3.8, 4) is 17.4 Å². The molecule has 0 atom stereocenters. The van der Waals surface area contributed by atoms with Crippen LogP contribution < -0.4 is 9.47 Å². The molecule has 0 amide bonds. The van der Waals surface area contributed by atoms with Gasteiger partial charge in [-0.15, -0.1) is 0 Å². The molecule has 4 nitrogen and oxygen atoms in total. The van der Waals surface area contributed by atoms with E-state index in [2.05, 4.69) is 9.97 Å². The second-order valence-electron chi connectivity index (χ2n) is 3.20. The number of halogens is 2. The van der Waals surface area contributed by atoms with E-state index in [-0.39, 0.29) is 11.0 Å². The predicted octanol–water partition coefficient (Wildman–Crippen LogP) is 4.14. The molecule has 7 heteroatoms. The molecule has 0 spiro atoms. The Morgan fingerprint density at radius 1 is 1.22 bits per heavy atom. The van der Waals surface area contributed by atoms with Gasteiger partial charge >= 0.3 is 0 Å². The lowest BCUT2D eigenvalue weighted by atomic mass is 10.3. The van der Waals surface area contributed by atoms with Crippen molar-refractivity contribution < 1.29 is 9.47 Å². The minimum absolute atomic E-state index is 0.172. The monoisotopic (exact) mass is 301 g/mol. The molecule has 0 N–H and O–H groups in total. The molecule has 0 unspecified atom stereocenters. The summed E-state index contributed by atoms with van der Waals surface area (Å²) in [5.74, 6) is 1.10. The Hall–Kier alpha value is -1.30. The quantitative estimate of drug-likeness (QED) is 0.799. The third-order valence-electron chi connectivity index (χ3n) is 2.03. The number of benzene rings is 1. The smallest absolute Gasteiger partial charge is 0.266 e. The van der Waals surface area contributed by atoms with Crippen molar-refractivity contribution in [2.24, 2.45) is 0 Å². The normalized spacial score (nSPS) is 10.2. The number of ether oxygens (including phenoxy) is 2. The maximum absolute atomic E-state index is 5.89. The summed E-state index contributed by atoms with van der Waals surface area (Å²) in [7, 11) is 1.49. The largest absolute Gasteiger partial charge is 0.490 e. The zero-order valence-corrected chi connectivity index (χ0v) is 11.5. The van der Waals surface area contributed by atoms with Gasteiger partial charge < -0.3 is 9.47 Å². The van der Waals surface area contributed by atoms with Gasteiger partial charge in [0.2, 0.25) is 5.16 Å². The highest BCUT2D eigenvalue weighted by Crippen LogP contribution is 2.32. The Balaban J connectivity index is 2.33. The van der Waals surface area contributed by atoms with Crippen molar-refractivity contribution in [3.05, 3.63) is 34.4 Å². The first kappa shape index (κ1) is 13.1. The molecular weight excluding hydrogens is 295 g/mol. The summed E-state index contributed by atoms with van der Waals surface area (Å²) in [6.07, 6.45) is 1.45. The van der Waals surface area contributed by atoms with E-state index in [4.69, 9.17) is 45.3 Å². The maximum atomic E-state index is 5.89. The minimum Gasteiger partial charge on any atom is -0.490 e. The van der Waals surface area contributed by atoms with Crippen LogP contribution in [0.25, 0.3) is 0 Å². The van der Waals surface area contributed by atoms with E-state index in [9.17, 15) is 0 Å². The van der Waals surface area contributed by atoms with Gasteiger partial charge in [0.15, 0.2) is 5.75 Å². The van der Waals surface area contributed by atoms with Gasteiger partial charge in [-0.05, 0) is 24.8 Å². The second-order valence-corrected chi connectivity index (χ2v) is 4.38. The Bertz CT molecular complexity index is 581. The van der Waals surface area contributed by atoms with Crippen molar-refractivity contribution in [1.82, 2.24) is 9.97 Å². The molecule has 0 aliphatic rings. The Morgan fingerprint density at radius 3 is 2.67 bits per heavy atom. The van der Waals surface area contributed by atoms with Gasteiger partial charge in [0.05, 0.1) is 23.4 Å². The number of nitrogens with zero attached hydrogens (tertiary/aromatic N) is 2. The van der Waals surface area contributed by atoms with Crippen LogP contribution in [0.15, 0.2) is 29.6 Å². The van der Waals surface area contributed by atoms with Gasteiger partial charge in [0.1, 0.15) is 5.75 Å². The fourth-order valence-corrected chi connectivity index (χ4v) is 1.63. The average molecular weight is 302 g/mol. The lowest BCUT2D eigenvalue weighted by Gasteiger charge is -2.09. The summed E-state index contributed by atoms with van der Waals surface area (Å²) in [5.41, 5.74) is 0. The fraction of sp³-hybridized carbons (Fsp3) is 0.0909. The third-order valence-corrected chi connectivity index (χ3v) is 2.96. The van der Waals surface area contributed by atoms with Crippen LogP contribution in [-0.4, -0.2) is 17.1 Å². The van der Waals surface area contributed by atoms with E-state index in [1.165, 1.54) is 13.3 Å². The van der Waals surface area contributed by atoms with Crippen LogP contribution in [-0.2, 0) is 0 Å². The minimum atomic E-state index is 0.172. The van der Waals surface area contributed by atoms with Gasteiger partial charge in [-0.2, -0.15) is 4.98 Å². The molecule has 2 rings (SSSR count). The zero-order valence-electron chi connectivity index (χ0n) is 9.18. The molecule has 0 saturated carbocycles. The van der Waals surface area contributed by atoms with E-state index in [1.54, 1.807) is 18.2 Å². The van der Waals surface area contributed by atoms with Crippen LogP contribution in [0.3, 0.4) is 0 Å². The molecule has 0 saturated heterocycles. The Labute approximate surface area is 119 Å². The third kappa shape index (κ3) is 2.93. The fourth-order valence-electron chi connectivity index (χ4n) is 1.21. The number of hydrogen-bond donors (Lipinski definition) is 0. The summed E-state index contributed by atoms with van der Waals surface area (Å²) in [4.78, 5) is 7.81. The SMILES string of the molecule is COc1cnc([S])nc1Oc1ccc(Cl)c(Cl)c1. The van der Waals surface area contributed by atoms with Crippen LogP contribution in [0.5, 0.6) is 17.4 Å². The Kier molecular flexibility index (Phi) is 4.06. The van der Waals surface area contributed by atoms with Crippen LogP contribution in [0.2, 0.25) is 10.0 Å². The summed E-state index contributed by atoms with van der Waals surface area (Å²) < 4.78 is 10.6. The van der Waals surface area contributed by atoms with Crippen molar-refractivity contribution in [1.29, 1.82) is 0 Å². The predicted molar refractivity (Wildman–Crippen MR) is 71.0 cm³/mol. The molecule has 0 bridgehead atoms. The van der Waals surface area contributed by atoms with Crippen LogP contribution in [0.1, 0.15) is 0 Å². The Morgan fingerprint density at radius 2 is 2.00 bits per heavy atom. The van der Waals surface area contributed by atoms with Crippen LogP contribution >= 0.6 is 35.8 Å². The topological polar surface area (TPSA) is 44.2 Å². The van der Waals surface area contributed by atoms with Crippen molar-refractivity contribution in [2.45, 2.75) is 5.16 Å². The van der Waals surface area contributed by atoms with Gasteiger partial charge in [-0.1, -0.05) is 23.2 Å². The number of methoxy groups -OCH3 is 1. The number of rotatable bonds is 3. The molecule has 2 aromatic rings. The molecule has 1 heterocycles. The average Bonchev–Trinajstić information content (AvgIpc) is 2.34. The summed E-state index contributed by atoms with van der Waals surface area (Å²) in [6, 6.07) is 4.87. The summed E-state index contributed by atoms with van der Waals surface area (Å²) in [5, 5.41) is 1.01. The maximum Gasteiger partial charge on any atom is 0.266 e. The first-order valence-corrected chi connectivity index (χ1v) is 5.97. The lowest BCUT2D eigenvalue weighted by molar-refractivity contribution is 0.363. The summed E-state index contributed by atoms with van der Waals surface area (Å²) >= 11 is 16.6.